The van der Waals surface area contributed by atoms with Gasteiger partial charge in [-0.3, -0.25) is 9.78 Å². The van der Waals surface area contributed by atoms with Gasteiger partial charge in [0.15, 0.2) is 0 Å². The van der Waals surface area contributed by atoms with Gasteiger partial charge in [-0.1, -0.05) is 24.6 Å². The van der Waals surface area contributed by atoms with Crippen LogP contribution in [0.4, 0.5) is 0 Å². The van der Waals surface area contributed by atoms with Crippen molar-refractivity contribution in [2.75, 3.05) is 19.6 Å². The molecule has 23 heavy (non-hydrogen) atoms. The minimum atomic E-state index is -0.535. The van der Waals surface area contributed by atoms with Crippen LogP contribution in [-0.4, -0.2) is 52.7 Å². The van der Waals surface area contributed by atoms with E-state index in [9.17, 15) is 9.90 Å². The number of β-amino-alcohol motifs (C(OH)–C–C–N with tert-alkyl or cyclic N) is 1. The van der Waals surface area contributed by atoms with E-state index in [1.54, 1.807) is 24.4 Å². The number of rotatable bonds is 6. The van der Waals surface area contributed by atoms with E-state index in [4.69, 9.17) is 0 Å². The van der Waals surface area contributed by atoms with Crippen molar-refractivity contribution in [1.82, 2.24) is 15.2 Å². The fourth-order valence-corrected chi connectivity index (χ4v) is 2.75. The summed E-state index contributed by atoms with van der Waals surface area (Å²) in [4.78, 5) is 18.4. The summed E-state index contributed by atoms with van der Waals surface area (Å²) in [5, 5.41) is 13.2. The van der Waals surface area contributed by atoms with Crippen LogP contribution >= 0.6 is 0 Å². The van der Waals surface area contributed by atoms with Gasteiger partial charge in [-0.15, -0.1) is 0 Å². The lowest BCUT2D eigenvalue weighted by Crippen LogP contribution is -2.54. The van der Waals surface area contributed by atoms with E-state index in [1.165, 1.54) is 5.57 Å². The van der Waals surface area contributed by atoms with Gasteiger partial charge in [0.05, 0.1) is 12.1 Å². The van der Waals surface area contributed by atoms with Crippen molar-refractivity contribution in [3.8, 4) is 0 Å². The number of likely N-dealkylation sites (tertiary alicyclic amines) is 1. The number of hydrogen-bond donors (Lipinski definition) is 2. The Morgan fingerprint density at radius 2 is 2.35 bits per heavy atom. The number of allylic oxidation sites excluding steroid dienone is 1. The number of nitrogens with one attached hydrogen (secondary N) is 1. The Hall–Kier alpha value is -1.72. The van der Waals surface area contributed by atoms with Gasteiger partial charge in [-0.2, -0.15) is 0 Å². The first-order chi connectivity index (χ1) is 11.1. The second-order valence-corrected chi connectivity index (χ2v) is 6.14. The van der Waals surface area contributed by atoms with Crippen LogP contribution in [-0.2, 0) is 0 Å². The van der Waals surface area contributed by atoms with Crippen molar-refractivity contribution >= 4 is 5.91 Å². The molecule has 0 bridgehead atoms. The molecule has 0 radical (unpaired) electrons. The van der Waals surface area contributed by atoms with Gasteiger partial charge in [0.2, 0.25) is 0 Å². The van der Waals surface area contributed by atoms with Crippen LogP contribution in [0.25, 0.3) is 0 Å². The topological polar surface area (TPSA) is 65.5 Å². The average Bonchev–Trinajstić information content (AvgIpc) is 2.57. The Morgan fingerprint density at radius 3 is 3.00 bits per heavy atom. The minimum Gasteiger partial charge on any atom is -0.390 e. The summed E-state index contributed by atoms with van der Waals surface area (Å²) in [6, 6.07) is 5.04. The highest BCUT2D eigenvalue weighted by atomic mass is 16.3. The van der Waals surface area contributed by atoms with Crippen LogP contribution in [0, 0.1) is 0 Å². The number of aliphatic hydroxyl groups excluding tert-OH is 1. The van der Waals surface area contributed by atoms with Crippen LogP contribution < -0.4 is 5.32 Å². The highest BCUT2D eigenvalue weighted by molar-refractivity contribution is 5.92. The maximum Gasteiger partial charge on any atom is 0.270 e. The average molecular weight is 317 g/mol. The van der Waals surface area contributed by atoms with Crippen LogP contribution in [0.1, 0.15) is 43.6 Å². The quantitative estimate of drug-likeness (QED) is 0.788. The number of pyridine rings is 1. The van der Waals surface area contributed by atoms with E-state index >= 15 is 0 Å². The molecule has 0 unspecified atom stereocenters. The predicted molar refractivity (Wildman–Crippen MR) is 91.2 cm³/mol. The van der Waals surface area contributed by atoms with Crippen molar-refractivity contribution in [2.24, 2.45) is 0 Å². The molecule has 2 N–H and O–H groups in total. The summed E-state index contributed by atoms with van der Waals surface area (Å²) < 4.78 is 0. The highest BCUT2D eigenvalue weighted by Gasteiger charge is 2.28. The molecule has 5 heteroatoms. The Morgan fingerprint density at radius 1 is 1.52 bits per heavy atom. The Bertz CT molecular complexity index is 530. The maximum atomic E-state index is 12.1. The molecule has 0 spiro atoms. The summed E-state index contributed by atoms with van der Waals surface area (Å²) >= 11 is 0. The Balaban J connectivity index is 1.79. The molecule has 1 aromatic heterocycles. The molecule has 1 saturated heterocycles. The molecule has 0 aromatic carbocycles. The standard InChI is InChI=1S/C18H27N3O2/c1-3-14(2)7-6-11-21-12-9-15(17(22)13-21)20-18(23)16-8-4-5-10-19-16/h4-5,7-8,10,15,17,22H,3,6,9,11-13H2,1-2H3,(H,20,23)/t15-,17-/m1/s1. The highest BCUT2D eigenvalue weighted by Crippen LogP contribution is 2.13. The van der Waals surface area contributed by atoms with E-state index in [0.29, 0.717) is 12.2 Å². The second kappa shape index (κ2) is 8.79. The first-order valence-electron chi connectivity index (χ1n) is 8.38. The van der Waals surface area contributed by atoms with Crippen LogP contribution in [0.5, 0.6) is 0 Å². The third-order valence-electron chi connectivity index (χ3n) is 4.38. The van der Waals surface area contributed by atoms with Gasteiger partial charge in [0, 0.05) is 25.8 Å². The molecule has 1 fully saturated rings. The lowest BCUT2D eigenvalue weighted by molar-refractivity contribution is 0.0384. The number of carbonyl (C=O) groups excluding carboxylic acids is 1. The summed E-state index contributed by atoms with van der Waals surface area (Å²) in [6.07, 6.45) is 6.19. The lowest BCUT2D eigenvalue weighted by Gasteiger charge is -2.36. The van der Waals surface area contributed by atoms with Crippen molar-refractivity contribution in [1.29, 1.82) is 0 Å². The Kier molecular flexibility index (Phi) is 6.74. The molecule has 1 aliphatic heterocycles. The molecule has 1 aromatic rings. The molecule has 1 amide bonds. The normalized spacial score (nSPS) is 22.8. The monoisotopic (exact) mass is 317 g/mol. The molecule has 2 rings (SSSR count). The fraction of sp³-hybridized carbons (Fsp3) is 0.556. The summed E-state index contributed by atoms with van der Waals surface area (Å²) in [7, 11) is 0. The van der Waals surface area contributed by atoms with E-state index in [0.717, 1.165) is 32.4 Å². The first-order valence-corrected chi connectivity index (χ1v) is 8.38. The molecule has 5 nitrogen and oxygen atoms in total. The van der Waals surface area contributed by atoms with Crippen LogP contribution in [0.15, 0.2) is 36.0 Å². The Labute approximate surface area is 138 Å². The van der Waals surface area contributed by atoms with E-state index in [2.05, 4.69) is 35.1 Å². The van der Waals surface area contributed by atoms with Crippen LogP contribution in [0.3, 0.4) is 0 Å². The molecular weight excluding hydrogens is 290 g/mol. The molecule has 0 aliphatic carbocycles. The van der Waals surface area contributed by atoms with Gasteiger partial charge in [0.25, 0.3) is 5.91 Å². The number of nitrogens with zero attached hydrogens (tertiary/aromatic N) is 2. The SMILES string of the molecule is CCC(C)=CCCN1CC[C@@H](NC(=O)c2ccccn2)[C@H](O)C1. The number of aromatic nitrogens is 1. The molecule has 1 aliphatic rings. The summed E-state index contributed by atoms with van der Waals surface area (Å²) in [6.45, 7) is 6.75. The third kappa shape index (κ3) is 5.44. The van der Waals surface area contributed by atoms with Crippen molar-refractivity contribution in [3.63, 3.8) is 0 Å². The predicted octanol–water partition coefficient (Wildman–Crippen LogP) is 1.99. The molecule has 2 heterocycles. The zero-order valence-corrected chi connectivity index (χ0v) is 14.0. The fourth-order valence-electron chi connectivity index (χ4n) is 2.75. The first kappa shape index (κ1) is 17.6. The van der Waals surface area contributed by atoms with Gasteiger partial charge in [-0.05, 0) is 38.3 Å². The zero-order valence-electron chi connectivity index (χ0n) is 14.0. The van der Waals surface area contributed by atoms with Gasteiger partial charge >= 0.3 is 0 Å². The molecule has 2 atom stereocenters. The van der Waals surface area contributed by atoms with E-state index in [1.807, 2.05) is 0 Å². The number of carbonyl (C=O) groups is 1. The lowest BCUT2D eigenvalue weighted by atomic mass is 10.0. The van der Waals surface area contributed by atoms with Crippen molar-refractivity contribution in [2.45, 2.75) is 45.3 Å². The zero-order chi connectivity index (χ0) is 16.7. The summed E-state index contributed by atoms with van der Waals surface area (Å²) in [5.74, 6) is -0.218. The molecule has 126 valence electrons. The number of piperidine rings is 1. The second-order valence-electron chi connectivity index (χ2n) is 6.14. The van der Waals surface area contributed by atoms with E-state index in [-0.39, 0.29) is 11.9 Å². The molecular formula is C18H27N3O2. The van der Waals surface area contributed by atoms with Gasteiger partial charge in [-0.25, -0.2) is 0 Å². The smallest absolute Gasteiger partial charge is 0.270 e. The number of amides is 1. The number of aliphatic hydroxyl groups is 1. The van der Waals surface area contributed by atoms with Crippen molar-refractivity contribution < 1.29 is 9.90 Å². The number of hydrogen-bond acceptors (Lipinski definition) is 4. The van der Waals surface area contributed by atoms with E-state index < -0.39 is 6.10 Å². The minimum absolute atomic E-state index is 0.200. The van der Waals surface area contributed by atoms with Crippen LogP contribution in [0.2, 0.25) is 0 Å². The molecule has 0 saturated carbocycles. The maximum absolute atomic E-state index is 12.1. The van der Waals surface area contributed by atoms with Crippen molar-refractivity contribution in [3.05, 3.63) is 41.7 Å². The van der Waals surface area contributed by atoms with Gasteiger partial charge < -0.3 is 15.3 Å². The van der Waals surface area contributed by atoms with Gasteiger partial charge in [0.1, 0.15) is 5.69 Å². The summed E-state index contributed by atoms with van der Waals surface area (Å²) in [5.41, 5.74) is 1.80. The largest absolute Gasteiger partial charge is 0.390 e. The third-order valence-corrected chi connectivity index (χ3v) is 4.38.